The SMILES string of the molecule is C=C[C-]=C(CO)N=C.[K+]. The predicted octanol–water partition coefficient (Wildman–Crippen LogP) is -2.44. The fourth-order valence-corrected chi connectivity index (χ4v) is 0.259. The Balaban J connectivity index is 0. The minimum atomic E-state index is -0.129. The molecule has 0 heterocycles. The monoisotopic (exact) mass is 149 g/mol. The molecule has 9 heavy (non-hydrogen) atoms. The molecule has 0 fully saturated rings. The Morgan fingerprint density at radius 2 is 2.33 bits per heavy atom. The minimum absolute atomic E-state index is 0. The van der Waals surface area contributed by atoms with E-state index in [9.17, 15) is 0 Å². The summed E-state index contributed by atoms with van der Waals surface area (Å²) in [5.41, 5.74) is 0.417. The predicted molar refractivity (Wildman–Crippen MR) is 33.6 cm³/mol. The van der Waals surface area contributed by atoms with E-state index in [4.69, 9.17) is 5.11 Å². The van der Waals surface area contributed by atoms with Crippen LogP contribution in [0.1, 0.15) is 0 Å². The smallest absolute Gasteiger partial charge is 0.392 e. The summed E-state index contributed by atoms with van der Waals surface area (Å²) >= 11 is 0. The number of allylic oxidation sites excluding steroid dienone is 2. The molecule has 0 unspecified atom stereocenters. The molecule has 0 rings (SSSR count). The molecule has 0 amide bonds. The molecule has 0 radical (unpaired) electrons. The third-order valence-corrected chi connectivity index (χ3v) is 0.609. The summed E-state index contributed by atoms with van der Waals surface area (Å²) in [6, 6.07) is 0. The fraction of sp³-hybridized carbons (Fsp3) is 0.167. The van der Waals surface area contributed by atoms with Crippen LogP contribution < -0.4 is 51.4 Å². The van der Waals surface area contributed by atoms with E-state index in [2.05, 4.69) is 24.4 Å². The van der Waals surface area contributed by atoms with Gasteiger partial charge in [0.1, 0.15) is 0 Å². The normalized spacial score (nSPS) is 9.67. The van der Waals surface area contributed by atoms with Crippen molar-refractivity contribution in [3.63, 3.8) is 0 Å². The van der Waals surface area contributed by atoms with E-state index >= 15 is 0 Å². The minimum Gasteiger partial charge on any atom is -0.392 e. The first kappa shape index (κ1) is 12.4. The van der Waals surface area contributed by atoms with Crippen molar-refractivity contribution in [1.82, 2.24) is 0 Å². The van der Waals surface area contributed by atoms with Crippen molar-refractivity contribution in [2.24, 2.45) is 4.99 Å². The molecular weight excluding hydrogens is 141 g/mol. The van der Waals surface area contributed by atoms with Gasteiger partial charge in [-0.15, -0.1) is 0 Å². The second-order valence-electron chi connectivity index (χ2n) is 1.11. The van der Waals surface area contributed by atoms with Crippen LogP contribution in [0.5, 0.6) is 0 Å². The maximum absolute atomic E-state index is 8.38. The second kappa shape index (κ2) is 8.75. The molecule has 0 saturated heterocycles. The molecule has 44 valence electrons. The summed E-state index contributed by atoms with van der Waals surface area (Å²) in [6.45, 7) is 6.43. The van der Waals surface area contributed by atoms with Gasteiger partial charge in [-0.3, -0.25) is 4.99 Å². The average molecular weight is 149 g/mol. The Morgan fingerprint density at radius 1 is 1.78 bits per heavy atom. The van der Waals surface area contributed by atoms with Gasteiger partial charge in [-0.2, -0.15) is 0 Å². The van der Waals surface area contributed by atoms with E-state index in [0.717, 1.165) is 0 Å². The van der Waals surface area contributed by atoms with Crippen molar-refractivity contribution in [3.8, 4) is 0 Å². The van der Waals surface area contributed by atoms with Crippen LogP contribution in [0.2, 0.25) is 0 Å². The molecule has 0 aliphatic heterocycles. The second-order valence-corrected chi connectivity index (χ2v) is 1.11. The van der Waals surface area contributed by atoms with E-state index in [1.165, 1.54) is 6.08 Å². The first-order valence-corrected chi connectivity index (χ1v) is 2.16. The van der Waals surface area contributed by atoms with Gasteiger partial charge in [0, 0.05) is 0 Å². The number of hydrogen-bond donors (Lipinski definition) is 1. The number of aliphatic hydroxyl groups is 1. The zero-order valence-electron chi connectivity index (χ0n) is 5.59. The number of rotatable bonds is 3. The standard InChI is InChI=1S/C6H8NO.K/c1-3-4-6(5-8)7-2;/h3,8H,1-2,5H2;/q-1;+1. The number of aliphatic imine (C=N–C) groups is 1. The average Bonchev–Trinajstić information content (AvgIpc) is 1.83. The molecule has 0 aromatic rings. The van der Waals surface area contributed by atoms with E-state index in [0.29, 0.717) is 5.70 Å². The van der Waals surface area contributed by atoms with Crippen molar-refractivity contribution in [2.45, 2.75) is 0 Å². The third kappa shape index (κ3) is 6.63. The van der Waals surface area contributed by atoms with Crippen LogP contribution in [-0.4, -0.2) is 18.4 Å². The van der Waals surface area contributed by atoms with E-state index in [-0.39, 0.29) is 58.0 Å². The van der Waals surface area contributed by atoms with Gasteiger partial charge in [0.05, 0.1) is 6.61 Å². The van der Waals surface area contributed by atoms with Crippen LogP contribution in [0.3, 0.4) is 0 Å². The van der Waals surface area contributed by atoms with Gasteiger partial charge in [0.2, 0.25) is 0 Å². The van der Waals surface area contributed by atoms with E-state index in [1.807, 2.05) is 0 Å². The van der Waals surface area contributed by atoms with Crippen LogP contribution in [-0.2, 0) is 0 Å². The topological polar surface area (TPSA) is 32.6 Å². The fourth-order valence-electron chi connectivity index (χ4n) is 0.259. The van der Waals surface area contributed by atoms with Crippen molar-refractivity contribution >= 4 is 6.72 Å². The van der Waals surface area contributed by atoms with Gasteiger partial charge in [-0.05, 0) is 12.4 Å². The van der Waals surface area contributed by atoms with E-state index in [1.54, 1.807) is 0 Å². The third-order valence-electron chi connectivity index (χ3n) is 0.609. The summed E-state index contributed by atoms with van der Waals surface area (Å²) in [6.07, 6.45) is 4.01. The Kier molecular flexibility index (Phi) is 12.1. The van der Waals surface area contributed by atoms with Gasteiger partial charge < -0.3 is 5.11 Å². The number of hydrogen-bond acceptors (Lipinski definition) is 2. The molecule has 3 heteroatoms. The summed E-state index contributed by atoms with van der Waals surface area (Å²) in [5.74, 6) is 0. The van der Waals surface area contributed by atoms with Crippen molar-refractivity contribution in [2.75, 3.05) is 6.61 Å². The van der Waals surface area contributed by atoms with Gasteiger partial charge in [-0.1, -0.05) is 0 Å². The molecular formula is C6H8KNO. The van der Waals surface area contributed by atoms with Crippen molar-refractivity contribution in [1.29, 1.82) is 0 Å². The summed E-state index contributed by atoms with van der Waals surface area (Å²) in [5, 5.41) is 8.38. The molecule has 1 N–H and O–H groups in total. The molecule has 0 aliphatic rings. The Labute approximate surface area is 97.8 Å². The van der Waals surface area contributed by atoms with Gasteiger partial charge in [0.15, 0.2) is 0 Å². The summed E-state index contributed by atoms with van der Waals surface area (Å²) < 4.78 is 0. The largest absolute Gasteiger partial charge is 1.00 e. The molecule has 2 nitrogen and oxygen atoms in total. The summed E-state index contributed by atoms with van der Waals surface area (Å²) in [4.78, 5) is 3.43. The molecule has 0 atom stereocenters. The zero-order chi connectivity index (χ0) is 6.41. The molecule has 0 aromatic heterocycles. The molecule has 0 aromatic carbocycles. The van der Waals surface area contributed by atoms with E-state index < -0.39 is 0 Å². The molecule has 0 bridgehead atoms. The van der Waals surface area contributed by atoms with Gasteiger partial charge in [-0.25, -0.2) is 18.7 Å². The molecule has 0 aliphatic carbocycles. The van der Waals surface area contributed by atoms with Crippen LogP contribution in [0.4, 0.5) is 0 Å². The Hall–Kier alpha value is 0.746. The Morgan fingerprint density at radius 3 is 2.44 bits per heavy atom. The molecule has 0 spiro atoms. The quantitative estimate of drug-likeness (QED) is 0.206. The number of nitrogens with zero attached hydrogens (tertiary/aromatic N) is 1. The van der Waals surface area contributed by atoms with Crippen molar-refractivity contribution < 1.29 is 56.5 Å². The maximum Gasteiger partial charge on any atom is 1.00 e. The van der Waals surface area contributed by atoms with Crippen LogP contribution in [0.25, 0.3) is 0 Å². The van der Waals surface area contributed by atoms with Crippen LogP contribution >= 0.6 is 0 Å². The van der Waals surface area contributed by atoms with Crippen LogP contribution in [0, 0.1) is 6.08 Å². The molecule has 0 saturated carbocycles. The van der Waals surface area contributed by atoms with Crippen LogP contribution in [0.15, 0.2) is 23.3 Å². The van der Waals surface area contributed by atoms with Crippen molar-refractivity contribution in [3.05, 3.63) is 24.4 Å². The maximum atomic E-state index is 8.38. The zero-order valence-corrected chi connectivity index (χ0v) is 8.72. The summed E-state index contributed by atoms with van der Waals surface area (Å²) in [7, 11) is 0. The number of aliphatic hydroxyl groups excluding tert-OH is 1. The first-order chi connectivity index (χ1) is 3.85. The first-order valence-electron chi connectivity index (χ1n) is 2.16. The van der Waals surface area contributed by atoms with Gasteiger partial charge >= 0.3 is 51.4 Å². The Bertz CT molecular complexity index is 120. The van der Waals surface area contributed by atoms with Gasteiger partial charge in [0.25, 0.3) is 0 Å².